The van der Waals surface area contributed by atoms with Crippen LogP contribution in [0.2, 0.25) is 0 Å². The molecule has 3 aromatic rings. The molecule has 0 spiro atoms. The molecule has 0 aromatic heterocycles. The van der Waals surface area contributed by atoms with Gasteiger partial charge in [0.05, 0.1) is 32.9 Å². The molecule has 1 aliphatic rings. The van der Waals surface area contributed by atoms with Gasteiger partial charge in [0.1, 0.15) is 18.1 Å². The van der Waals surface area contributed by atoms with Crippen molar-refractivity contribution in [3.63, 3.8) is 0 Å². The summed E-state index contributed by atoms with van der Waals surface area (Å²) in [4.78, 5) is 15.5. The second-order valence-corrected chi connectivity index (χ2v) is 8.49. The lowest BCUT2D eigenvalue weighted by Gasteiger charge is -2.38. The summed E-state index contributed by atoms with van der Waals surface area (Å²) in [5.41, 5.74) is 2.73. The SMILES string of the molecule is COc1ccc(OCC2c3cc(OC)c(OC)cc3CCN2C(=O)c2ccccc2Br)cc1. The molecule has 0 N–H and O–H groups in total. The van der Waals surface area contributed by atoms with Gasteiger partial charge in [-0.1, -0.05) is 12.1 Å². The first-order valence-corrected chi connectivity index (χ1v) is 11.4. The summed E-state index contributed by atoms with van der Waals surface area (Å²) in [6.45, 7) is 0.865. The lowest BCUT2D eigenvalue weighted by Crippen LogP contribution is -2.42. The third-order valence-electron chi connectivity index (χ3n) is 5.84. The predicted molar refractivity (Wildman–Crippen MR) is 130 cm³/mol. The van der Waals surface area contributed by atoms with Crippen molar-refractivity contribution < 1.29 is 23.7 Å². The topological polar surface area (TPSA) is 57.2 Å². The number of benzene rings is 3. The van der Waals surface area contributed by atoms with Gasteiger partial charge in [0.15, 0.2) is 11.5 Å². The maximum Gasteiger partial charge on any atom is 0.255 e. The first-order chi connectivity index (χ1) is 16.0. The molecule has 0 aliphatic carbocycles. The Morgan fingerprint density at radius 2 is 1.61 bits per heavy atom. The molecule has 0 radical (unpaired) electrons. The number of methoxy groups -OCH3 is 3. The number of fused-ring (bicyclic) bond motifs is 1. The smallest absolute Gasteiger partial charge is 0.255 e. The van der Waals surface area contributed by atoms with Crippen LogP contribution in [0.3, 0.4) is 0 Å². The molecular formula is C26H26BrNO5. The molecule has 3 aromatic carbocycles. The first kappa shape index (κ1) is 23.0. The molecule has 0 saturated carbocycles. The van der Waals surface area contributed by atoms with E-state index in [1.54, 1.807) is 21.3 Å². The summed E-state index contributed by atoms with van der Waals surface area (Å²) >= 11 is 3.52. The zero-order valence-electron chi connectivity index (χ0n) is 18.8. The zero-order chi connectivity index (χ0) is 23.4. The average Bonchev–Trinajstić information content (AvgIpc) is 2.86. The molecule has 7 heteroatoms. The number of halogens is 1. The molecule has 172 valence electrons. The number of hydrogen-bond acceptors (Lipinski definition) is 5. The number of hydrogen-bond donors (Lipinski definition) is 0. The van der Waals surface area contributed by atoms with Gasteiger partial charge in [-0.25, -0.2) is 0 Å². The van der Waals surface area contributed by atoms with Gasteiger partial charge in [-0.05, 0) is 82.0 Å². The molecule has 1 amide bonds. The Bertz CT molecular complexity index is 1130. The highest BCUT2D eigenvalue weighted by atomic mass is 79.9. The van der Waals surface area contributed by atoms with Crippen LogP contribution in [0.1, 0.15) is 27.5 Å². The fourth-order valence-corrected chi connectivity index (χ4v) is 4.54. The summed E-state index contributed by atoms with van der Waals surface area (Å²) in [5, 5.41) is 0. The van der Waals surface area contributed by atoms with Gasteiger partial charge in [-0.3, -0.25) is 4.79 Å². The van der Waals surface area contributed by atoms with Crippen LogP contribution in [0.4, 0.5) is 0 Å². The van der Waals surface area contributed by atoms with Crippen LogP contribution in [0.5, 0.6) is 23.0 Å². The predicted octanol–water partition coefficient (Wildman–Crippen LogP) is 5.29. The Morgan fingerprint density at radius 3 is 2.27 bits per heavy atom. The maximum atomic E-state index is 13.6. The standard InChI is InChI=1S/C26H26BrNO5/c1-30-18-8-10-19(11-9-18)33-16-23-21-15-25(32-3)24(31-2)14-17(21)12-13-28(23)26(29)20-6-4-5-7-22(20)27/h4-11,14-15,23H,12-13,16H2,1-3H3. The first-order valence-electron chi connectivity index (χ1n) is 10.6. The van der Waals surface area contributed by atoms with E-state index in [0.29, 0.717) is 42.4 Å². The number of nitrogens with zero attached hydrogens (tertiary/aromatic N) is 1. The van der Waals surface area contributed by atoms with Crippen LogP contribution in [-0.4, -0.2) is 45.3 Å². The fraction of sp³-hybridized carbons (Fsp3) is 0.269. The van der Waals surface area contributed by atoms with Crippen molar-refractivity contribution in [3.05, 3.63) is 81.8 Å². The molecule has 4 rings (SSSR count). The number of rotatable bonds is 7. The van der Waals surface area contributed by atoms with Gasteiger partial charge >= 0.3 is 0 Å². The average molecular weight is 512 g/mol. The van der Waals surface area contributed by atoms with Crippen LogP contribution in [0.15, 0.2) is 65.1 Å². The van der Waals surface area contributed by atoms with E-state index in [1.165, 1.54) is 0 Å². The Kier molecular flexibility index (Phi) is 7.08. The van der Waals surface area contributed by atoms with E-state index >= 15 is 0 Å². The number of amides is 1. The molecule has 33 heavy (non-hydrogen) atoms. The molecule has 1 unspecified atom stereocenters. The lowest BCUT2D eigenvalue weighted by atomic mass is 9.91. The largest absolute Gasteiger partial charge is 0.497 e. The number of ether oxygens (including phenoxy) is 4. The Balaban J connectivity index is 1.70. The monoisotopic (exact) mass is 511 g/mol. The van der Waals surface area contributed by atoms with E-state index in [0.717, 1.165) is 21.3 Å². The summed E-state index contributed by atoms with van der Waals surface area (Å²) in [6, 6.07) is 18.5. The summed E-state index contributed by atoms with van der Waals surface area (Å²) in [6.07, 6.45) is 0.713. The van der Waals surface area contributed by atoms with Gasteiger partial charge in [0.25, 0.3) is 5.91 Å². The maximum absolute atomic E-state index is 13.6. The van der Waals surface area contributed by atoms with Gasteiger partial charge in [-0.2, -0.15) is 0 Å². The van der Waals surface area contributed by atoms with Crippen molar-refractivity contribution in [1.29, 1.82) is 0 Å². The molecule has 1 aliphatic heterocycles. The van der Waals surface area contributed by atoms with Crippen LogP contribution in [-0.2, 0) is 6.42 Å². The Labute approximate surface area is 202 Å². The van der Waals surface area contributed by atoms with Crippen molar-refractivity contribution in [2.75, 3.05) is 34.5 Å². The van der Waals surface area contributed by atoms with Crippen molar-refractivity contribution >= 4 is 21.8 Å². The lowest BCUT2D eigenvalue weighted by molar-refractivity contribution is 0.0588. The van der Waals surface area contributed by atoms with E-state index in [9.17, 15) is 4.79 Å². The Morgan fingerprint density at radius 1 is 0.939 bits per heavy atom. The van der Waals surface area contributed by atoms with Crippen molar-refractivity contribution in [1.82, 2.24) is 4.90 Å². The fourth-order valence-electron chi connectivity index (χ4n) is 4.09. The van der Waals surface area contributed by atoms with Crippen molar-refractivity contribution in [3.8, 4) is 23.0 Å². The van der Waals surface area contributed by atoms with Gasteiger partial charge in [0, 0.05) is 11.0 Å². The number of carbonyl (C=O) groups excluding carboxylic acids is 1. The van der Waals surface area contributed by atoms with E-state index in [1.807, 2.05) is 65.6 Å². The van der Waals surface area contributed by atoms with E-state index in [-0.39, 0.29) is 11.9 Å². The third kappa shape index (κ3) is 4.78. The minimum atomic E-state index is -0.296. The molecule has 0 fully saturated rings. The van der Waals surface area contributed by atoms with Gasteiger partial charge in [0.2, 0.25) is 0 Å². The van der Waals surface area contributed by atoms with E-state index in [4.69, 9.17) is 18.9 Å². The van der Waals surface area contributed by atoms with Crippen molar-refractivity contribution in [2.45, 2.75) is 12.5 Å². The van der Waals surface area contributed by atoms with Crippen molar-refractivity contribution in [2.24, 2.45) is 0 Å². The molecule has 0 saturated heterocycles. The van der Waals surface area contributed by atoms with E-state index < -0.39 is 0 Å². The molecule has 0 bridgehead atoms. The highest BCUT2D eigenvalue weighted by Gasteiger charge is 2.34. The Hall–Kier alpha value is -3.19. The van der Waals surface area contributed by atoms with Crippen LogP contribution < -0.4 is 18.9 Å². The highest BCUT2D eigenvalue weighted by molar-refractivity contribution is 9.10. The second-order valence-electron chi connectivity index (χ2n) is 7.64. The minimum Gasteiger partial charge on any atom is -0.497 e. The minimum absolute atomic E-state index is 0.0498. The molecule has 6 nitrogen and oxygen atoms in total. The van der Waals surface area contributed by atoms with E-state index in [2.05, 4.69) is 15.9 Å². The van der Waals surface area contributed by atoms with Gasteiger partial charge in [-0.15, -0.1) is 0 Å². The van der Waals surface area contributed by atoms with Crippen LogP contribution in [0, 0.1) is 0 Å². The quantitative estimate of drug-likeness (QED) is 0.431. The molecular weight excluding hydrogens is 486 g/mol. The summed E-state index contributed by atoms with van der Waals surface area (Å²) < 4.78 is 23.2. The summed E-state index contributed by atoms with van der Waals surface area (Å²) in [5.74, 6) is 2.72. The van der Waals surface area contributed by atoms with Gasteiger partial charge < -0.3 is 23.8 Å². The normalized spacial score (nSPS) is 14.9. The second kappa shape index (κ2) is 10.2. The van der Waals surface area contributed by atoms with Crippen LogP contribution >= 0.6 is 15.9 Å². The molecule has 1 heterocycles. The van der Waals surface area contributed by atoms with Crippen LogP contribution in [0.25, 0.3) is 0 Å². The third-order valence-corrected chi connectivity index (χ3v) is 6.53. The zero-order valence-corrected chi connectivity index (χ0v) is 20.4. The summed E-state index contributed by atoms with van der Waals surface area (Å²) in [7, 11) is 4.86. The molecule has 1 atom stereocenters. The number of carbonyl (C=O) groups is 1. The highest BCUT2D eigenvalue weighted by Crippen LogP contribution is 2.39.